The number of pyridine rings is 1. The molecular formula is C25H27FN6O. The molecule has 3 aromatic rings. The lowest BCUT2D eigenvalue weighted by Gasteiger charge is -2.37. The number of benzene rings is 1. The van der Waals surface area contributed by atoms with Crippen LogP contribution >= 0.6 is 0 Å². The lowest BCUT2D eigenvalue weighted by atomic mass is 9.89. The lowest BCUT2D eigenvalue weighted by molar-refractivity contribution is -0.118. The van der Waals surface area contributed by atoms with E-state index in [4.69, 9.17) is 5.26 Å². The Morgan fingerprint density at radius 1 is 1.24 bits per heavy atom. The molecule has 1 amide bonds. The molecule has 0 saturated heterocycles. The number of nitrogens with one attached hydrogen (secondary N) is 1. The predicted octanol–water partition coefficient (Wildman–Crippen LogP) is 4.66. The highest BCUT2D eigenvalue weighted by Crippen LogP contribution is 2.32. The zero-order valence-electron chi connectivity index (χ0n) is 18.8. The number of amides is 1. The minimum atomic E-state index is -0.364. The van der Waals surface area contributed by atoms with Gasteiger partial charge in [-0.3, -0.25) is 9.48 Å². The first-order valence-corrected chi connectivity index (χ1v) is 11.2. The third-order valence-corrected chi connectivity index (χ3v) is 6.12. The van der Waals surface area contributed by atoms with Crippen molar-refractivity contribution in [3.63, 3.8) is 0 Å². The van der Waals surface area contributed by atoms with Crippen molar-refractivity contribution in [1.82, 2.24) is 14.8 Å². The van der Waals surface area contributed by atoms with Crippen LogP contribution in [0, 0.1) is 17.1 Å². The molecule has 4 rings (SSSR count). The van der Waals surface area contributed by atoms with Gasteiger partial charge in [0.1, 0.15) is 17.7 Å². The van der Waals surface area contributed by atoms with Crippen molar-refractivity contribution in [1.29, 1.82) is 5.26 Å². The van der Waals surface area contributed by atoms with E-state index < -0.39 is 0 Å². The molecule has 2 aromatic heterocycles. The molecule has 7 nitrogen and oxygen atoms in total. The summed E-state index contributed by atoms with van der Waals surface area (Å²) in [5, 5.41) is 16.4. The summed E-state index contributed by atoms with van der Waals surface area (Å²) >= 11 is 0. The molecule has 0 bridgehead atoms. The number of carbonyl (C=O) groups is 1. The van der Waals surface area contributed by atoms with Crippen LogP contribution in [0.1, 0.15) is 44.6 Å². The minimum absolute atomic E-state index is 0.00584. The van der Waals surface area contributed by atoms with Crippen LogP contribution in [-0.4, -0.2) is 32.8 Å². The lowest BCUT2D eigenvalue weighted by Crippen LogP contribution is -2.44. The Hall–Kier alpha value is -3.73. The van der Waals surface area contributed by atoms with Crippen LogP contribution in [0.3, 0.4) is 0 Å². The Morgan fingerprint density at radius 3 is 2.61 bits per heavy atom. The fourth-order valence-electron chi connectivity index (χ4n) is 4.41. The molecule has 1 aromatic carbocycles. The molecule has 0 atom stereocenters. The first-order chi connectivity index (χ1) is 16.0. The van der Waals surface area contributed by atoms with Crippen molar-refractivity contribution in [2.45, 2.75) is 51.1 Å². The van der Waals surface area contributed by atoms with Crippen LogP contribution in [0.5, 0.6) is 0 Å². The van der Waals surface area contributed by atoms with Crippen LogP contribution in [0.15, 0.2) is 48.9 Å². The van der Waals surface area contributed by atoms with Crippen LogP contribution in [0.2, 0.25) is 0 Å². The standard InChI is InChI=1S/C25H27FN6O/c1-3-25(33)32(21-9-10-22(23(26)12-21)18-15-29-31(2)16-18)20-7-5-19(6-8-20)30-24-11-4-17(13-27)14-28-24/h4,9-12,14-16,19-20H,3,5-8H2,1-2H3,(H,28,30)/t19-,20-. The SMILES string of the molecule is CCC(=O)N(c1ccc(-c2cnn(C)c2)c(F)c1)[C@H]1CC[C@H](Nc2ccc(C#N)cn2)CC1. The van der Waals surface area contributed by atoms with Crippen molar-refractivity contribution in [3.05, 3.63) is 60.3 Å². The molecule has 0 radical (unpaired) electrons. The van der Waals surface area contributed by atoms with E-state index in [1.54, 1.807) is 47.4 Å². The van der Waals surface area contributed by atoms with E-state index in [1.165, 1.54) is 6.07 Å². The Balaban J connectivity index is 1.46. The number of nitrogens with zero attached hydrogens (tertiary/aromatic N) is 5. The summed E-state index contributed by atoms with van der Waals surface area (Å²) in [6, 6.07) is 10.9. The highest BCUT2D eigenvalue weighted by atomic mass is 19.1. The molecule has 2 heterocycles. The van der Waals surface area contributed by atoms with Gasteiger partial charge in [-0.25, -0.2) is 9.37 Å². The van der Waals surface area contributed by atoms with Crippen LogP contribution < -0.4 is 10.2 Å². The van der Waals surface area contributed by atoms with E-state index in [1.807, 2.05) is 19.1 Å². The summed E-state index contributed by atoms with van der Waals surface area (Å²) in [5.41, 5.74) is 2.30. The second-order valence-electron chi connectivity index (χ2n) is 8.38. The van der Waals surface area contributed by atoms with E-state index in [0.29, 0.717) is 28.8 Å². The largest absolute Gasteiger partial charge is 0.367 e. The molecular weight excluding hydrogens is 419 g/mol. The van der Waals surface area contributed by atoms with E-state index >= 15 is 0 Å². The second-order valence-corrected chi connectivity index (χ2v) is 8.38. The number of carbonyl (C=O) groups excluding carboxylic acids is 1. The number of rotatable bonds is 6. The molecule has 0 spiro atoms. The molecule has 1 saturated carbocycles. The first-order valence-electron chi connectivity index (χ1n) is 11.2. The molecule has 0 aliphatic heterocycles. The van der Waals surface area contributed by atoms with E-state index in [0.717, 1.165) is 31.5 Å². The summed E-state index contributed by atoms with van der Waals surface area (Å²) < 4.78 is 16.6. The quantitative estimate of drug-likeness (QED) is 0.595. The van der Waals surface area contributed by atoms with Gasteiger partial charge in [0.05, 0.1) is 11.8 Å². The van der Waals surface area contributed by atoms with Gasteiger partial charge in [-0.15, -0.1) is 0 Å². The van der Waals surface area contributed by atoms with Gasteiger partial charge in [-0.2, -0.15) is 10.4 Å². The maximum absolute atomic E-state index is 15.0. The third kappa shape index (κ3) is 5.03. The zero-order chi connectivity index (χ0) is 23.4. The second kappa shape index (κ2) is 9.82. The topological polar surface area (TPSA) is 86.8 Å². The summed E-state index contributed by atoms with van der Waals surface area (Å²) in [7, 11) is 1.79. The minimum Gasteiger partial charge on any atom is -0.367 e. The summed E-state index contributed by atoms with van der Waals surface area (Å²) in [6.07, 6.45) is 8.68. The molecule has 1 aliphatic carbocycles. The Bertz CT molecular complexity index is 1160. The summed E-state index contributed by atoms with van der Waals surface area (Å²) in [5.74, 6) is 0.373. The maximum atomic E-state index is 15.0. The number of hydrogen-bond acceptors (Lipinski definition) is 5. The van der Waals surface area contributed by atoms with Crippen molar-refractivity contribution in [2.75, 3.05) is 10.2 Å². The average Bonchev–Trinajstić information content (AvgIpc) is 3.26. The fourth-order valence-corrected chi connectivity index (χ4v) is 4.41. The van der Waals surface area contributed by atoms with E-state index in [2.05, 4.69) is 21.5 Å². The fraction of sp³-hybridized carbons (Fsp3) is 0.360. The number of aryl methyl sites for hydroxylation is 1. The highest BCUT2D eigenvalue weighted by molar-refractivity contribution is 5.94. The van der Waals surface area contributed by atoms with Crippen LogP contribution in [-0.2, 0) is 11.8 Å². The smallest absolute Gasteiger partial charge is 0.226 e. The molecule has 170 valence electrons. The Morgan fingerprint density at radius 2 is 2.03 bits per heavy atom. The number of anilines is 2. The van der Waals surface area contributed by atoms with Crippen molar-refractivity contribution in [3.8, 4) is 17.2 Å². The van der Waals surface area contributed by atoms with Gasteiger partial charge in [0.2, 0.25) is 5.91 Å². The number of halogens is 1. The van der Waals surface area contributed by atoms with Gasteiger partial charge in [-0.1, -0.05) is 6.92 Å². The summed E-state index contributed by atoms with van der Waals surface area (Å²) in [6.45, 7) is 1.83. The van der Waals surface area contributed by atoms with Crippen LogP contribution in [0.4, 0.5) is 15.9 Å². The number of aromatic nitrogens is 3. The summed E-state index contributed by atoms with van der Waals surface area (Å²) in [4.78, 5) is 18.9. The van der Waals surface area contributed by atoms with Gasteiger partial charge < -0.3 is 10.2 Å². The third-order valence-electron chi connectivity index (χ3n) is 6.12. The Labute approximate surface area is 192 Å². The van der Waals surface area contributed by atoms with Gasteiger partial charge in [0.15, 0.2) is 0 Å². The van der Waals surface area contributed by atoms with Crippen molar-refractivity contribution in [2.24, 2.45) is 7.05 Å². The molecule has 1 N–H and O–H groups in total. The van der Waals surface area contributed by atoms with E-state index in [9.17, 15) is 9.18 Å². The first kappa shape index (κ1) is 22.5. The van der Waals surface area contributed by atoms with E-state index in [-0.39, 0.29) is 23.8 Å². The van der Waals surface area contributed by atoms with Gasteiger partial charge >= 0.3 is 0 Å². The Kier molecular flexibility index (Phi) is 6.68. The van der Waals surface area contributed by atoms with Gasteiger partial charge in [0, 0.05) is 54.8 Å². The number of hydrogen-bond donors (Lipinski definition) is 1. The molecule has 1 aliphatic rings. The molecule has 1 fully saturated rings. The predicted molar refractivity (Wildman–Crippen MR) is 125 cm³/mol. The van der Waals surface area contributed by atoms with Gasteiger partial charge in [0.25, 0.3) is 0 Å². The monoisotopic (exact) mass is 446 g/mol. The average molecular weight is 447 g/mol. The normalized spacial score (nSPS) is 17.9. The molecule has 0 unspecified atom stereocenters. The maximum Gasteiger partial charge on any atom is 0.226 e. The van der Waals surface area contributed by atoms with Crippen molar-refractivity contribution < 1.29 is 9.18 Å². The molecule has 33 heavy (non-hydrogen) atoms. The van der Waals surface area contributed by atoms with Crippen molar-refractivity contribution >= 4 is 17.4 Å². The number of nitriles is 1. The van der Waals surface area contributed by atoms with Gasteiger partial charge in [-0.05, 0) is 56.0 Å². The molecule has 8 heteroatoms. The highest BCUT2D eigenvalue weighted by Gasteiger charge is 2.30. The van der Waals surface area contributed by atoms with Crippen LogP contribution in [0.25, 0.3) is 11.1 Å². The zero-order valence-corrected chi connectivity index (χ0v) is 18.8.